The van der Waals surface area contributed by atoms with Crippen LogP contribution in [0, 0.1) is 11.3 Å². The third-order valence-corrected chi connectivity index (χ3v) is 4.69. The van der Waals surface area contributed by atoms with Crippen molar-refractivity contribution in [2.24, 2.45) is 0 Å². The van der Waals surface area contributed by atoms with E-state index in [2.05, 4.69) is 40.1 Å². The van der Waals surface area contributed by atoms with Gasteiger partial charge in [-0.2, -0.15) is 5.26 Å². The van der Waals surface area contributed by atoms with Crippen molar-refractivity contribution in [3.05, 3.63) is 52.0 Å². The molecule has 25 heavy (non-hydrogen) atoms. The summed E-state index contributed by atoms with van der Waals surface area (Å²) in [6, 6.07) is 12.7. The van der Waals surface area contributed by atoms with Gasteiger partial charge >= 0.3 is 0 Å². The number of benzene rings is 2. The molecule has 2 aromatic carbocycles. The number of thiol groups is 1. The highest BCUT2D eigenvalue weighted by molar-refractivity contribution is 9.10. The third kappa shape index (κ3) is 3.11. The molecular formula is C18H14BrN3O2S. The Kier molecular flexibility index (Phi) is 4.75. The standard InChI is InChI=1S/C18H14BrN3O2S/c1-21-18(23)16-12-7-13(19)14(22(2)25)8-15(12)24-17(16)11-5-3-10(9-20)4-6-11/h3-8,25H,1-2H3,(H,21,23). The summed E-state index contributed by atoms with van der Waals surface area (Å²) < 4.78 is 8.46. The molecular weight excluding hydrogens is 402 g/mol. The second kappa shape index (κ2) is 6.82. The number of carbonyl (C=O) groups is 1. The molecule has 1 aromatic heterocycles. The molecule has 0 bridgehead atoms. The summed E-state index contributed by atoms with van der Waals surface area (Å²) >= 11 is 7.83. The quantitative estimate of drug-likeness (QED) is 0.622. The zero-order valence-electron chi connectivity index (χ0n) is 13.5. The molecule has 0 atom stereocenters. The molecule has 3 aromatic rings. The molecule has 0 aliphatic carbocycles. The van der Waals surface area contributed by atoms with Crippen molar-refractivity contribution in [1.29, 1.82) is 5.26 Å². The van der Waals surface area contributed by atoms with Crippen LogP contribution in [0.3, 0.4) is 0 Å². The molecule has 0 fully saturated rings. The number of furan rings is 1. The fraction of sp³-hybridized carbons (Fsp3) is 0.111. The topological polar surface area (TPSA) is 69.3 Å². The van der Waals surface area contributed by atoms with E-state index in [0.717, 1.165) is 15.7 Å². The SMILES string of the molecule is CNC(=O)c1c(-c2ccc(C#N)cc2)oc2cc(N(C)S)c(Br)cc12. The van der Waals surface area contributed by atoms with Gasteiger partial charge < -0.3 is 14.0 Å². The molecule has 0 saturated heterocycles. The second-order valence-corrected chi connectivity index (χ2v) is 6.85. The summed E-state index contributed by atoms with van der Waals surface area (Å²) in [5.41, 5.74) is 3.13. The van der Waals surface area contributed by atoms with Crippen LogP contribution in [0.2, 0.25) is 0 Å². The maximum atomic E-state index is 12.5. The fourth-order valence-electron chi connectivity index (χ4n) is 2.60. The van der Waals surface area contributed by atoms with Crippen molar-refractivity contribution in [1.82, 2.24) is 5.32 Å². The maximum Gasteiger partial charge on any atom is 0.255 e. The summed E-state index contributed by atoms with van der Waals surface area (Å²) in [6.45, 7) is 0. The average Bonchev–Trinajstić information content (AvgIpc) is 2.98. The minimum absolute atomic E-state index is 0.239. The fourth-order valence-corrected chi connectivity index (χ4v) is 3.52. The number of hydrogen-bond donors (Lipinski definition) is 2. The lowest BCUT2D eigenvalue weighted by Gasteiger charge is -2.12. The van der Waals surface area contributed by atoms with E-state index in [0.29, 0.717) is 27.9 Å². The number of nitriles is 1. The molecule has 1 heterocycles. The van der Waals surface area contributed by atoms with Crippen molar-refractivity contribution < 1.29 is 9.21 Å². The van der Waals surface area contributed by atoms with Crippen LogP contribution >= 0.6 is 28.7 Å². The first-order chi connectivity index (χ1) is 12.0. The van der Waals surface area contributed by atoms with E-state index in [1.807, 2.05) is 12.1 Å². The molecule has 1 amide bonds. The van der Waals surface area contributed by atoms with Crippen LogP contribution in [0.4, 0.5) is 5.69 Å². The Hall–Kier alpha value is -2.43. The first kappa shape index (κ1) is 17.4. The van der Waals surface area contributed by atoms with Crippen LogP contribution < -0.4 is 9.62 Å². The summed E-state index contributed by atoms with van der Waals surface area (Å²) in [7, 11) is 3.38. The summed E-state index contributed by atoms with van der Waals surface area (Å²) in [6.07, 6.45) is 0. The van der Waals surface area contributed by atoms with E-state index in [-0.39, 0.29) is 5.91 Å². The molecule has 1 N–H and O–H groups in total. The number of amides is 1. The van der Waals surface area contributed by atoms with Gasteiger partial charge in [0.25, 0.3) is 5.91 Å². The van der Waals surface area contributed by atoms with E-state index >= 15 is 0 Å². The average molecular weight is 416 g/mol. The van der Waals surface area contributed by atoms with Gasteiger partial charge in [-0.15, -0.1) is 0 Å². The Bertz CT molecular complexity index is 1000. The number of hydrogen-bond acceptors (Lipinski definition) is 5. The molecule has 3 rings (SSSR count). The highest BCUT2D eigenvalue weighted by atomic mass is 79.9. The van der Waals surface area contributed by atoms with E-state index in [1.165, 1.54) is 0 Å². The number of nitrogens with one attached hydrogen (secondary N) is 1. The molecule has 0 unspecified atom stereocenters. The maximum absolute atomic E-state index is 12.5. The van der Waals surface area contributed by atoms with E-state index < -0.39 is 0 Å². The lowest BCUT2D eigenvalue weighted by molar-refractivity contribution is 0.0964. The molecule has 0 radical (unpaired) electrons. The Morgan fingerprint density at radius 3 is 2.56 bits per heavy atom. The molecule has 0 saturated carbocycles. The summed E-state index contributed by atoms with van der Waals surface area (Å²) in [5, 5.41) is 12.3. The first-order valence-electron chi connectivity index (χ1n) is 7.37. The monoisotopic (exact) mass is 415 g/mol. The largest absolute Gasteiger partial charge is 0.455 e. The molecule has 0 spiro atoms. The van der Waals surface area contributed by atoms with Crippen molar-refractivity contribution in [3.8, 4) is 17.4 Å². The predicted molar refractivity (Wildman–Crippen MR) is 105 cm³/mol. The van der Waals surface area contributed by atoms with Crippen LogP contribution in [0.15, 0.2) is 45.3 Å². The molecule has 7 heteroatoms. The van der Waals surface area contributed by atoms with Gasteiger partial charge in [-0.25, -0.2) is 0 Å². The van der Waals surface area contributed by atoms with Crippen LogP contribution in [0.25, 0.3) is 22.3 Å². The normalized spacial score (nSPS) is 10.5. The van der Waals surface area contributed by atoms with Gasteiger partial charge in [0.2, 0.25) is 0 Å². The lowest BCUT2D eigenvalue weighted by atomic mass is 10.0. The van der Waals surface area contributed by atoms with Crippen LogP contribution in [-0.2, 0) is 0 Å². The zero-order valence-corrected chi connectivity index (χ0v) is 16.0. The van der Waals surface area contributed by atoms with Gasteiger partial charge in [0, 0.05) is 35.6 Å². The molecule has 126 valence electrons. The van der Waals surface area contributed by atoms with Crippen LogP contribution in [-0.4, -0.2) is 20.0 Å². The molecule has 0 aliphatic rings. The number of anilines is 1. The number of halogens is 1. The third-order valence-electron chi connectivity index (χ3n) is 3.84. The van der Waals surface area contributed by atoms with Gasteiger partial charge in [-0.05, 0) is 46.3 Å². The smallest absolute Gasteiger partial charge is 0.255 e. The van der Waals surface area contributed by atoms with Crippen molar-refractivity contribution >= 4 is 51.3 Å². The Morgan fingerprint density at radius 2 is 2.00 bits per heavy atom. The van der Waals surface area contributed by atoms with E-state index in [9.17, 15) is 4.79 Å². The minimum Gasteiger partial charge on any atom is -0.455 e. The Labute approximate surface area is 158 Å². The highest BCUT2D eigenvalue weighted by Gasteiger charge is 2.23. The zero-order chi connectivity index (χ0) is 18.1. The van der Waals surface area contributed by atoms with Crippen LogP contribution in [0.5, 0.6) is 0 Å². The van der Waals surface area contributed by atoms with E-state index in [1.54, 1.807) is 42.7 Å². The van der Waals surface area contributed by atoms with Crippen molar-refractivity contribution in [3.63, 3.8) is 0 Å². The number of carbonyl (C=O) groups excluding carboxylic acids is 1. The first-order valence-corrected chi connectivity index (χ1v) is 8.56. The molecule has 0 aliphatic heterocycles. The van der Waals surface area contributed by atoms with Gasteiger partial charge in [0.05, 0.1) is 22.9 Å². The number of nitrogens with zero attached hydrogens (tertiary/aromatic N) is 2. The van der Waals surface area contributed by atoms with Gasteiger partial charge in [0.15, 0.2) is 0 Å². The van der Waals surface area contributed by atoms with Gasteiger partial charge in [-0.1, -0.05) is 12.8 Å². The summed E-state index contributed by atoms with van der Waals surface area (Å²) in [4.78, 5) is 12.5. The summed E-state index contributed by atoms with van der Waals surface area (Å²) in [5.74, 6) is 0.224. The Morgan fingerprint density at radius 1 is 1.32 bits per heavy atom. The van der Waals surface area contributed by atoms with Crippen molar-refractivity contribution in [2.75, 3.05) is 18.4 Å². The number of rotatable bonds is 3. The van der Waals surface area contributed by atoms with Crippen LogP contribution in [0.1, 0.15) is 15.9 Å². The highest BCUT2D eigenvalue weighted by Crippen LogP contribution is 2.39. The minimum atomic E-state index is -0.239. The van der Waals surface area contributed by atoms with Gasteiger partial charge in [-0.3, -0.25) is 4.79 Å². The Balaban J connectivity index is 2.29. The predicted octanol–water partition coefficient (Wildman–Crippen LogP) is 4.37. The second-order valence-electron chi connectivity index (χ2n) is 5.40. The van der Waals surface area contributed by atoms with E-state index in [4.69, 9.17) is 9.68 Å². The lowest BCUT2D eigenvalue weighted by Crippen LogP contribution is -2.18. The molecule has 5 nitrogen and oxygen atoms in total. The van der Waals surface area contributed by atoms with Crippen molar-refractivity contribution in [2.45, 2.75) is 0 Å². The van der Waals surface area contributed by atoms with Gasteiger partial charge in [0.1, 0.15) is 11.3 Å². The number of fused-ring (bicyclic) bond motifs is 1.